The molecule has 2 saturated carbocycles. The van der Waals surface area contributed by atoms with Crippen molar-refractivity contribution in [3.63, 3.8) is 0 Å². The quantitative estimate of drug-likeness (QED) is 0.843. The van der Waals surface area contributed by atoms with E-state index in [1.165, 1.54) is 37.1 Å². The normalized spacial score (nSPS) is 27.1. The first kappa shape index (κ1) is 15.1. The largest absolute Gasteiger partial charge is 0.395 e. The fourth-order valence-corrected chi connectivity index (χ4v) is 5.03. The molecule has 0 saturated heterocycles. The molecule has 0 amide bonds. The predicted molar refractivity (Wildman–Crippen MR) is 88.2 cm³/mol. The van der Waals surface area contributed by atoms with E-state index in [0.29, 0.717) is 6.42 Å². The van der Waals surface area contributed by atoms with Gasteiger partial charge in [-0.1, -0.05) is 18.3 Å². The van der Waals surface area contributed by atoms with Gasteiger partial charge in [0.2, 0.25) is 0 Å². The van der Waals surface area contributed by atoms with Crippen LogP contribution < -0.4 is 0 Å². The summed E-state index contributed by atoms with van der Waals surface area (Å²) in [5.74, 6) is 9.12. The Balaban J connectivity index is 1.49. The Morgan fingerprint density at radius 2 is 2.24 bits per heavy atom. The lowest BCUT2D eigenvalue weighted by atomic mass is 9.88. The van der Waals surface area contributed by atoms with Crippen LogP contribution in [0, 0.1) is 29.6 Å². The fourth-order valence-electron chi connectivity index (χ4n) is 4.07. The number of aliphatic hydroxyl groups is 1. The predicted octanol–water partition coefficient (Wildman–Crippen LogP) is 3.35. The van der Waals surface area contributed by atoms with E-state index in [1.807, 2.05) is 0 Å². The molecule has 1 N–H and O–H groups in total. The van der Waals surface area contributed by atoms with Crippen molar-refractivity contribution >= 4 is 11.3 Å². The zero-order chi connectivity index (χ0) is 14.7. The molecular weight excluding hydrogens is 278 g/mol. The van der Waals surface area contributed by atoms with Gasteiger partial charge in [0.15, 0.2) is 0 Å². The molecule has 2 aliphatic carbocycles. The molecule has 1 aromatic heterocycles. The van der Waals surface area contributed by atoms with E-state index in [4.69, 9.17) is 5.11 Å². The smallest absolute Gasteiger partial charge is 0.0771 e. The molecule has 1 aromatic rings. The van der Waals surface area contributed by atoms with E-state index < -0.39 is 0 Å². The molecule has 2 fully saturated rings. The van der Waals surface area contributed by atoms with E-state index in [2.05, 4.69) is 35.9 Å². The summed E-state index contributed by atoms with van der Waals surface area (Å²) in [6.07, 6.45) is 6.51. The van der Waals surface area contributed by atoms with Crippen LogP contribution in [0.5, 0.6) is 0 Å². The standard InChI is InChI=1S/C18H25NOS/c1-19(12-16-11-14-5-6-15(16)10-14)13-18-8-7-17(21-18)4-2-3-9-20/h7-8,14-16,20H,3,5-6,9-13H2,1H3. The third-order valence-corrected chi connectivity index (χ3v) is 5.95. The van der Waals surface area contributed by atoms with Gasteiger partial charge in [-0.05, 0) is 56.2 Å². The van der Waals surface area contributed by atoms with Gasteiger partial charge < -0.3 is 10.0 Å². The van der Waals surface area contributed by atoms with Gasteiger partial charge in [-0.15, -0.1) is 11.3 Å². The van der Waals surface area contributed by atoms with Gasteiger partial charge in [-0.2, -0.15) is 0 Å². The second kappa shape index (κ2) is 6.96. The van der Waals surface area contributed by atoms with E-state index in [-0.39, 0.29) is 6.61 Å². The fraction of sp³-hybridized carbons (Fsp3) is 0.667. The van der Waals surface area contributed by atoms with Gasteiger partial charge in [0.25, 0.3) is 0 Å². The summed E-state index contributed by atoms with van der Waals surface area (Å²) in [5.41, 5.74) is 0. The van der Waals surface area contributed by atoms with Crippen molar-refractivity contribution in [2.24, 2.45) is 17.8 Å². The summed E-state index contributed by atoms with van der Waals surface area (Å²) in [7, 11) is 2.25. The number of hydrogen-bond donors (Lipinski definition) is 1. The van der Waals surface area contributed by atoms with Crippen molar-refractivity contribution in [1.82, 2.24) is 4.90 Å². The minimum Gasteiger partial charge on any atom is -0.395 e. The Labute approximate surface area is 132 Å². The molecule has 3 rings (SSSR count). The Morgan fingerprint density at radius 3 is 2.95 bits per heavy atom. The average molecular weight is 303 g/mol. The molecule has 3 atom stereocenters. The van der Waals surface area contributed by atoms with E-state index in [1.54, 1.807) is 11.3 Å². The zero-order valence-electron chi connectivity index (χ0n) is 12.8. The van der Waals surface area contributed by atoms with Crippen molar-refractivity contribution in [3.8, 4) is 11.8 Å². The lowest BCUT2D eigenvalue weighted by molar-refractivity contribution is 0.216. The third kappa shape index (κ3) is 3.88. The molecule has 0 radical (unpaired) electrons. The lowest BCUT2D eigenvalue weighted by Gasteiger charge is -2.26. The maximum Gasteiger partial charge on any atom is 0.0771 e. The Kier molecular flexibility index (Phi) is 5.00. The maximum absolute atomic E-state index is 8.74. The van der Waals surface area contributed by atoms with Crippen molar-refractivity contribution in [2.75, 3.05) is 20.2 Å². The second-order valence-electron chi connectivity index (χ2n) is 6.67. The molecule has 3 heteroatoms. The molecule has 3 unspecified atom stereocenters. The highest BCUT2D eigenvalue weighted by molar-refractivity contribution is 7.12. The zero-order valence-corrected chi connectivity index (χ0v) is 13.7. The Morgan fingerprint density at radius 1 is 1.33 bits per heavy atom. The number of thiophene rings is 1. The number of fused-ring (bicyclic) bond motifs is 2. The SMILES string of the molecule is CN(Cc1ccc(C#CCCO)s1)CC1CC2CCC1C2. The van der Waals surface area contributed by atoms with E-state index in [9.17, 15) is 0 Å². The Hall–Kier alpha value is -0.820. The maximum atomic E-state index is 8.74. The summed E-state index contributed by atoms with van der Waals surface area (Å²) in [6.45, 7) is 2.45. The van der Waals surface area contributed by atoms with Crippen LogP contribution in [0.3, 0.4) is 0 Å². The van der Waals surface area contributed by atoms with Crippen LogP contribution in [0.25, 0.3) is 0 Å². The minimum atomic E-state index is 0.150. The van der Waals surface area contributed by atoms with Crippen LogP contribution in [0.4, 0.5) is 0 Å². The number of nitrogens with zero attached hydrogens (tertiary/aromatic N) is 1. The van der Waals surface area contributed by atoms with Gasteiger partial charge in [-0.25, -0.2) is 0 Å². The van der Waals surface area contributed by atoms with Crippen LogP contribution in [0.1, 0.15) is 41.9 Å². The lowest BCUT2D eigenvalue weighted by Crippen LogP contribution is -2.28. The molecule has 1 heterocycles. The van der Waals surface area contributed by atoms with Gasteiger partial charge in [-0.3, -0.25) is 0 Å². The van der Waals surface area contributed by atoms with Gasteiger partial charge in [0, 0.05) is 24.4 Å². The summed E-state index contributed by atoms with van der Waals surface area (Å²) >= 11 is 1.79. The molecule has 0 aliphatic heterocycles. The van der Waals surface area contributed by atoms with Crippen molar-refractivity contribution in [3.05, 3.63) is 21.9 Å². The molecular formula is C18H25NOS. The molecule has 21 heavy (non-hydrogen) atoms. The van der Waals surface area contributed by atoms with Crippen molar-refractivity contribution in [2.45, 2.75) is 38.6 Å². The van der Waals surface area contributed by atoms with E-state index >= 15 is 0 Å². The summed E-state index contributed by atoms with van der Waals surface area (Å²) in [6, 6.07) is 4.31. The molecule has 2 bridgehead atoms. The molecule has 0 aromatic carbocycles. The molecule has 0 spiro atoms. The summed E-state index contributed by atoms with van der Waals surface area (Å²) in [4.78, 5) is 5.00. The minimum absolute atomic E-state index is 0.150. The van der Waals surface area contributed by atoms with Crippen LogP contribution in [-0.2, 0) is 6.54 Å². The van der Waals surface area contributed by atoms with Crippen molar-refractivity contribution in [1.29, 1.82) is 0 Å². The van der Waals surface area contributed by atoms with Crippen LogP contribution in [0.2, 0.25) is 0 Å². The third-order valence-electron chi connectivity index (χ3n) is 4.97. The first-order valence-electron chi connectivity index (χ1n) is 8.11. The highest BCUT2D eigenvalue weighted by Gasteiger charge is 2.39. The Bertz CT molecular complexity index is 527. The van der Waals surface area contributed by atoms with E-state index in [0.717, 1.165) is 29.2 Å². The summed E-state index contributed by atoms with van der Waals surface area (Å²) < 4.78 is 0. The monoisotopic (exact) mass is 303 g/mol. The molecule has 2 nitrogen and oxygen atoms in total. The van der Waals surface area contributed by atoms with Crippen molar-refractivity contribution < 1.29 is 5.11 Å². The summed E-state index contributed by atoms with van der Waals surface area (Å²) in [5, 5.41) is 8.74. The average Bonchev–Trinajstić information content (AvgIpc) is 3.16. The van der Waals surface area contributed by atoms with Crippen LogP contribution >= 0.6 is 11.3 Å². The number of rotatable bonds is 5. The number of hydrogen-bond acceptors (Lipinski definition) is 3. The highest BCUT2D eigenvalue weighted by atomic mass is 32.1. The van der Waals surface area contributed by atoms with Gasteiger partial charge in [0.05, 0.1) is 11.5 Å². The topological polar surface area (TPSA) is 23.5 Å². The molecule has 2 aliphatic rings. The van der Waals surface area contributed by atoms with Gasteiger partial charge in [0.1, 0.15) is 0 Å². The first-order chi connectivity index (χ1) is 10.2. The van der Waals surface area contributed by atoms with Crippen LogP contribution in [0.15, 0.2) is 12.1 Å². The second-order valence-corrected chi connectivity index (χ2v) is 7.84. The first-order valence-corrected chi connectivity index (χ1v) is 8.93. The van der Waals surface area contributed by atoms with Crippen LogP contribution in [-0.4, -0.2) is 30.2 Å². The number of aliphatic hydroxyl groups excluding tert-OH is 1. The highest BCUT2D eigenvalue weighted by Crippen LogP contribution is 2.48. The van der Waals surface area contributed by atoms with Gasteiger partial charge >= 0.3 is 0 Å². The molecule has 114 valence electrons.